The summed E-state index contributed by atoms with van der Waals surface area (Å²) in [5.41, 5.74) is 1.65. The second-order valence-electron chi connectivity index (χ2n) is 6.60. The highest BCUT2D eigenvalue weighted by Gasteiger charge is 2.52. The van der Waals surface area contributed by atoms with Gasteiger partial charge in [0.05, 0.1) is 0 Å². The zero-order chi connectivity index (χ0) is 14.2. The molecule has 2 atom stereocenters. The second kappa shape index (κ2) is 5.08. The summed E-state index contributed by atoms with van der Waals surface area (Å²) in [5, 5.41) is 0. The molecule has 2 saturated carbocycles. The Morgan fingerprint density at radius 2 is 2.10 bits per heavy atom. The Kier molecular flexibility index (Phi) is 3.41. The van der Waals surface area contributed by atoms with E-state index in [1.807, 2.05) is 11.0 Å². The van der Waals surface area contributed by atoms with Crippen LogP contribution >= 0.6 is 0 Å². The van der Waals surface area contributed by atoms with Gasteiger partial charge >= 0.3 is 0 Å². The number of hydrogen-bond acceptors (Lipinski definition) is 1. The molecule has 2 heteroatoms. The Labute approximate surface area is 121 Å². The van der Waals surface area contributed by atoms with E-state index in [4.69, 9.17) is 0 Å². The number of nitrogens with zero attached hydrogens (tertiary/aromatic N) is 1. The van der Waals surface area contributed by atoms with Crippen molar-refractivity contribution in [2.75, 3.05) is 13.1 Å². The summed E-state index contributed by atoms with van der Waals surface area (Å²) in [7, 11) is 0. The van der Waals surface area contributed by atoms with Gasteiger partial charge in [0.25, 0.3) is 0 Å². The summed E-state index contributed by atoms with van der Waals surface area (Å²) in [5.74, 6) is 1.24. The zero-order valence-electron chi connectivity index (χ0n) is 12.2. The first-order valence-corrected chi connectivity index (χ1v) is 7.59. The van der Waals surface area contributed by atoms with E-state index in [0.717, 1.165) is 19.4 Å². The number of rotatable bonds is 6. The average Bonchev–Trinajstić information content (AvgIpc) is 3.35. The lowest BCUT2D eigenvalue weighted by atomic mass is 10.00. The summed E-state index contributed by atoms with van der Waals surface area (Å²) in [6.45, 7) is 7.66. The Bertz CT molecular complexity index is 505. The van der Waals surface area contributed by atoms with Gasteiger partial charge in [-0.25, -0.2) is 0 Å². The molecule has 2 aliphatic carbocycles. The van der Waals surface area contributed by atoms with Crippen LogP contribution in [0.1, 0.15) is 37.7 Å². The monoisotopic (exact) mass is 269 g/mol. The predicted octanol–water partition coefficient (Wildman–Crippen LogP) is 3.60. The third kappa shape index (κ3) is 2.65. The van der Waals surface area contributed by atoms with Gasteiger partial charge in [0.2, 0.25) is 5.91 Å². The molecule has 0 aliphatic heterocycles. The molecule has 2 unspecified atom stereocenters. The number of amides is 1. The standard InChI is InChI=1S/C18H23NO/c1-3-11-19(17(20)15-9-10-15)13-18(2)12-16(18)14-7-5-4-6-8-14/h3-8,15-16H,1,9-13H2,2H3. The van der Waals surface area contributed by atoms with E-state index in [9.17, 15) is 4.79 Å². The highest BCUT2D eigenvalue weighted by molar-refractivity contribution is 5.81. The van der Waals surface area contributed by atoms with Crippen LogP contribution in [0, 0.1) is 11.3 Å². The summed E-state index contributed by atoms with van der Waals surface area (Å²) in [6.07, 6.45) is 5.18. The summed E-state index contributed by atoms with van der Waals surface area (Å²) >= 11 is 0. The molecule has 2 nitrogen and oxygen atoms in total. The molecule has 20 heavy (non-hydrogen) atoms. The van der Waals surface area contributed by atoms with Gasteiger partial charge in [0, 0.05) is 19.0 Å². The molecule has 0 N–H and O–H groups in total. The number of carbonyl (C=O) groups excluding carboxylic acids is 1. The zero-order valence-corrected chi connectivity index (χ0v) is 12.2. The fraction of sp³-hybridized carbons (Fsp3) is 0.500. The fourth-order valence-electron chi connectivity index (χ4n) is 3.20. The smallest absolute Gasteiger partial charge is 0.225 e. The van der Waals surface area contributed by atoms with Crippen LogP contribution in [-0.4, -0.2) is 23.9 Å². The quantitative estimate of drug-likeness (QED) is 0.722. The van der Waals surface area contributed by atoms with Crippen LogP contribution in [0.3, 0.4) is 0 Å². The maximum atomic E-state index is 12.3. The maximum absolute atomic E-state index is 12.3. The Morgan fingerprint density at radius 1 is 1.40 bits per heavy atom. The van der Waals surface area contributed by atoms with Crippen molar-refractivity contribution in [3.05, 3.63) is 48.6 Å². The highest BCUT2D eigenvalue weighted by atomic mass is 16.2. The lowest BCUT2D eigenvalue weighted by Gasteiger charge is -2.25. The van der Waals surface area contributed by atoms with Crippen molar-refractivity contribution in [2.45, 2.75) is 32.1 Å². The normalized spacial score (nSPS) is 27.9. The van der Waals surface area contributed by atoms with Crippen LogP contribution in [0.4, 0.5) is 0 Å². The lowest BCUT2D eigenvalue weighted by molar-refractivity contribution is -0.132. The maximum Gasteiger partial charge on any atom is 0.225 e. The van der Waals surface area contributed by atoms with Crippen molar-refractivity contribution < 1.29 is 4.79 Å². The van der Waals surface area contributed by atoms with E-state index in [1.165, 1.54) is 12.0 Å². The molecule has 1 aromatic carbocycles. The largest absolute Gasteiger partial charge is 0.338 e. The van der Waals surface area contributed by atoms with Gasteiger partial charge in [0.1, 0.15) is 0 Å². The van der Waals surface area contributed by atoms with E-state index in [1.54, 1.807) is 0 Å². The second-order valence-corrected chi connectivity index (χ2v) is 6.60. The summed E-state index contributed by atoms with van der Waals surface area (Å²) < 4.78 is 0. The van der Waals surface area contributed by atoms with E-state index < -0.39 is 0 Å². The molecule has 0 saturated heterocycles. The molecule has 0 aromatic heterocycles. The van der Waals surface area contributed by atoms with Gasteiger partial charge in [-0.3, -0.25) is 4.79 Å². The molecule has 1 aromatic rings. The minimum atomic E-state index is 0.245. The Hall–Kier alpha value is -1.57. The molecule has 0 radical (unpaired) electrons. The van der Waals surface area contributed by atoms with E-state index in [0.29, 0.717) is 24.3 Å². The van der Waals surface area contributed by atoms with Crippen LogP contribution in [0.25, 0.3) is 0 Å². The third-order valence-electron chi connectivity index (χ3n) is 4.69. The van der Waals surface area contributed by atoms with Crippen LogP contribution < -0.4 is 0 Å². The third-order valence-corrected chi connectivity index (χ3v) is 4.69. The van der Waals surface area contributed by atoms with E-state index in [-0.39, 0.29) is 5.41 Å². The number of carbonyl (C=O) groups is 1. The molecule has 2 fully saturated rings. The van der Waals surface area contributed by atoms with Crippen molar-refractivity contribution in [1.82, 2.24) is 4.90 Å². The van der Waals surface area contributed by atoms with Crippen LogP contribution in [0.5, 0.6) is 0 Å². The fourth-order valence-corrected chi connectivity index (χ4v) is 3.20. The lowest BCUT2D eigenvalue weighted by Crippen LogP contribution is -2.37. The molecule has 3 rings (SSSR count). The van der Waals surface area contributed by atoms with Crippen molar-refractivity contribution in [3.8, 4) is 0 Å². The SMILES string of the molecule is C=CCN(CC1(C)CC1c1ccccc1)C(=O)C1CC1. The van der Waals surface area contributed by atoms with Crippen molar-refractivity contribution in [2.24, 2.45) is 11.3 Å². The van der Waals surface area contributed by atoms with Crippen LogP contribution in [0.2, 0.25) is 0 Å². The first-order valence-electron chi connectivity index (χ1n) is 7.59. The molecule has 2 aliphatic rings. The van der Waals surface area contributed by atoms with E-state index >= 15 is 0 Å². The minimum absolute atomic E-state index is 0.245. The van der Waals surface area contributed by atoms with E-state index in [2.05, 4.69) is 43.8 Å². The topological polar surface area (TPSA) is 20.3 Å². The van der Waals surface area contributed by atoms with Gasteiger partial charge in [-0.15, -0.1) is 6.58 Å². The summed E-state index contributed by atoms with van der Waals surface area (Å²) in [4.78, 5) is 14.3. The minimum Gasteiger partial charge on any atom is -0.338 e. The highest BCUT2D eigenvalue weighted by Crippen LogP contribution is 2.59. The average molecular weight is 269 g/mol. The Morgan fingerprint density at radius 3 is 2.70 bits per heavy atom. The number of hydrogen-bond donors (Lipinski definition) is 0. The van der Waals surface area contributed by atoms with Crippen molar-refractivity contribution in [3.63, 3.8) is 0 Å². The molecule has 0 heterocycles. The Balaban J connectivity index is 1.67. The summed E-state index contributed by atoms with van der Waals surface area (Å²) in [6, 6.07) is 10.7. The van der Waals surface area contributed by atoms with Gasteiger partial charge in [-0.1, -0.05) is 43.3 Å². The molecule has 0 bridgehead atoms. The molecule has 1 amide bonds. The molecule has 0 spiro atoms. The van der Waals surface area contributed by atoms with Gasteiger partial charge in [-0.2, -0.15) is 0 Å². The van der Waals surface area contributed by atoms with Crippen molar-refractivity contribution in [1.29, 1.82) is 0 Å². The van der Waals surface area contributed by atoms with Crippen molar-refractivity contribution >= 4 is 5.91 Å². The first-order chi connectivity index (χ1) is 9.64. The molecule has 106 valence electrons. The predicted molar refractivity (Wildman–Crippen MR) is 81.4 cm³/mol. The van der Waals surface area contributed by atoms with Crippen LogP contribution in [0.15, 0.2) is 43.0 Å². The van der Waals surface area contributed by atoms with Gasteiger partial charge in [-0.05, 0) is 36.2 Å². The molecular weight excluding hydrogens is 246 g/mol. The van der Waals surface area contributed by atoms with Gasteiger partial charge in [0.15, 0.2) is 0 Å². The first kappa shape index (κ1) is 13.4. The van der Waals surface area contributed by atoms with Crippen LogP contribution in [-0.2, 0) is 4.79 Å². The number of benzene rings is 1. The van der Waals surface area contributed by atoms with Gasteiger partial charge < -0.3 is 4.90 Å². The molecular formula is C18H23NO.